The van der Waals surface area contributed by atoms with Crippen LogP contribution in [-0.4, -0.2) is 15.0 Å². The molecule has 0 amide bonds. The molecule has 0 N–H and O–H groups in total. The van der Waals surface area contributed by atoms with Gasteiger partial charge in [0.05, 0.1) is 21.2 Å². The van der Waals surface area contributed by atoms with Crippen LogP contribution in [0.15, 0.2) is 41.3 Å². The van der Waals surface area contributed by atoms with Gasteiger partial charge in [-0.25, -0.2) is 0 Å². The van der Waals surface area contributed by atoms with Crippen molar-refractivity contribution in [3.8, 4) is 0 Å². The Morgan fingerprint density at radius 1 is 1.23 bits per heavy atom. The number of halogens is 1. The number of hydrogen-bond acceptors (Lipinski definition) is 1. The molecule has 0 bridgehead atoms. The molecule has 0 saturated carbocycles. The van der Waals surface area contributed by atoms with E-state index in [1.807, 2.05) is 12.1 Å². The van der Waals surface area contributed by atoms with Crippen LogP contribution in [-0.2, 0) is 23.8 Å². The zero-order valence-corrected chi connectivity index (χ0v) is 17.1. The SMILES string of the molecule is CC[C@@H]1CCc2c1n(Cc1ccc(Cl)cc1)c1c(S(C)=O)cc(C)cc21. The normalized spacial score (nSPS) is 17.6. The molecule has 2 atom stereocenters. The summed E-state index contributed by atoms with van der Waals surface area (Å²) in [4.78, 5) is 0.957. The summed E-state index contributed by atoms with van der Waals surface area (Å²) in [5, 5.41) is 2.06. The largest absolute Gasteiger partial charge is 0.339 e. The molecule has 1 heterocycles. The lowest BCUT2D eigenvalue weighted by molar-refractivity contribution is 0.607. The number of nitrogens with zero attached hydrogens (tertiary/aromatic N) is 1. The average molecular weight is 386 g/mol. The van der Waals surface area contributed by atoms with Crippen molar-refractivity contribution in [2.24, 2.45) is 0 Å². The fraction of sp³-hybridized carbons (Fsp3) is 0.364. The summed E-state index contributed by atoms with van der Waals surface area (Å²) in [7, 11) is -1.01. The third kappa shape index (κ3) is 2.91. The van der Waals surface area contributed by atoms with E-state index in [-0.39, 0.29) is 0 Å². The number of hydrogen-bond donors (Lipinski definition) is 0. The van der Waals surface area contributed by atoms with Crippen molar-refractivity contribution in [2.75, 3.05) is 6.26 Å². The predicted molar refractivity (Wildman–Crippen MR) is 111 cm³/mol. The highest BCUT2D eigenvalue weighted by Gasteiger charge is 2.30. The molecular weight excluding hydrogens is 362 g/mol. The minimum atomic E-state index is -1.01. The molecule has 4 heteroatoms. The zero-order chi connectivity index (χ0) is 18.4. The molecule has 0 spiro atoms. The lowest BCUT2D eigenvalue weighted by atomic mass is 10.0. The fourth-order valence-corrected chi connectivity index (χ4v) is 5.38. The van der Waals surface area contributed by atoms with E-state index in [9.17, 15) is 4.21 Å². The van der Waals surface area contributed by atoms with Gasteiger partial charge in [0.25, 0.3) is 0 Å². The number of aromatic nitrogens is 1. The van der Waals surface area contributed by atoms with Gasteiger partial charge in [0.2, 0.25) is 0 Å². The molecule has 0 radical (unpaired) electrons. The van der Waals surface area contributed by atoms with Gasteiger partial charge in [-0.2, -0.15) is 0 Å². The van der Waals surface area contributed by atoms with Gasteiger partial charge in [0.1, 0.15) is 0 Å². The summed E-state index contributed by atoms with van der Waals surface area (Å²) in [6, 6.07) is 12.4. The number of benzene rings is 2. The number of rotatable bonds is 4. The monoisotopic (exact) mass is 385 g/mol. The first-order valence-electron chi connectivity index (χ1n) is 9.23. The fourth-order valence-electron chi connectivity index (χ4n) is 4.41. The molecule has 26 heavy (non-hydrogen) atoms. The Morgan fingerprint density at radius 3 is 2.62 bits per heavy atom. The van der Waals surface area contributed by atoms with E-state index in [0.29, 0.717) is 5.92 Å². The van der Waals surface area contributed by atoms with Crippen LogP contribution in [0.4, 0.5) is 0 Å². The number of fused-ring (bicyclic) bond motifs is 3. The molecule has 136 valence electrons. The smallest absolute Gasteiger partial charge is 0.0652 e. The van der Waals surface area contributed by atoms with Gasteiger partial charge in [0, 0.05) is 28.9 Å². The third-order valence-corrected chi connectivity index (χ3v) is 6.78. The Balaban J connectivity index is 1.99. The Morgan fingerprint density at radius 2 is 1.96 bits per heavy atom. The van der Waals surface area contributed by atoms with Crippen molar-refractivity contribution in [2.45, 2.75) is 50.5 Å². The van der Waals surface area contributed by atoms with Gasteiger partial charge in [-0.3, -0.25) is 4.21 Å². The molecule has 1 aliphatic rings. The lowest BCUT2D eigenvalue weighted by Crippen LogP contribution is -2.08. The lowest BCUT2D eigenvalue weighted by Gasteiger charge is -2.17. The van der Waals surface area contributed by atoms with Gasteiger partial charge in [-0.05, 0) is 73.1 Å². The van der Waals surface area contributed by atoms with Crippen LogP contribution >= 0.6 is 11.6 Å². The van der Waals surface area contributed by atoms with Gasteiger partial charge in [-0.15, -0.1) is 0 Å². The topological polar surface area (TPSA) is 22.0 Å². The van der Waals surface area contributed by atoms with E-state index in [1.165, 1.54) is 34.2 Å². The van der Waals surface area contributed by atoms with E-state index in [2.05, 4.69) is 42.7 Å². The van der Waals surface area contributed by atoms with Gasteiger partial charge < -0.3 is 4.57 Å². The van der Waals surface area contributed by atoms with E-state index >= 15 is 0 Å². The highest BCUT2D eigenvalue weighted by atomic mass is 35.5. The van der Waals surface area contributed by atoms with E-state index < -0.39 is 10.8 Å². The van der Waals surface area contributed by atoms with Crippen molar-refractivity contribution in [1.29, 1.82) is 0 Å². The molecular formula is C22H24ClNOS. The summed E-state index contributed by atoms with van der Waals surface area (Å²) >= 11 is 6.07. The molecule has 0 aliphatic heterocycles. The summed E-state index contributed by atoms with van der Waals surface area (Å²) in [5.41, 5.74) is 6.50. The molecule has 3 aromatic rings. The Bertz CT molecular complexity index is 1000. The van der Waals surface area contributed by atoms with Crippen molar-refractivity contribution < 1.29 is 4.21 Å². The first kappa shape index (κ1) is 17.8. The molecule has 1 unspecified atom stereocenters. The molecule has 2 nitrogen and oxygen atoms in total. The van der Waals surface area contributed by atoms with Gasteiger partial charge in [-0.1, -0.05) is 30.7 Å². The maximum absolute atomic E-state index is 12.5. The van der Waals surface area contributed by atoms with Crippen LogP contribution in [0.2, 0.25) is 5.02 Å². The quantitative estimate of drug-likeness (QED) is 0.553. The molecule has 1 aliphatic carbocycles. The molecule has 0 saturated heterocycles. The second kappa shape index (κ2) is 6.86. The van der Waals surface area contributed by atoms with Crippen molar-refractivity contribution in [1.82, 2.24) is 4.57 Å². The highest BCUT2D eigenvalue weighted by Crippen LogP contribution is 2.43. The van der Waals surface area contributed by atoms with Crippen molar-refractivity contribution >= 4 is 33.3 Å². The second-order valence-electron chi connectivity index (χ2n) is 7.33. The Kier molecular flexibility index (Phi) is 4.70. The van der Waals surface area contributed by atoms with Crippen LogP contribution in [0.5, 0.6) is 0 Å². The summed E-state index contributed by atoms with van der Waals surface area (Å²) < 4.78 is 15.0. The zero-order valence-electron chi connectivity index (χ0n) is 15.5. The number of aryl methyl sites for hydroxylation is 2. The van der Waals surface area contributed by atoms with E-state index in [4.69, 9.17) is 11.6 Å². The van der Waals surface area contributed by atoms with Crippen LogP contribution in [0, 0.1) is 6.92 Å². The van der Waals surface area contributed by atoms with Crippen LogP contribution < -0.4 is 0 Å². The minimum absolute atomic E-state index is 0.586. The van der Waals surface area contributed by atoms with E-state index in [0.717, 1.165) is 34.8 Å². The second-order valence-corrected chi connectivity index (χ2v) is 9.12. The van der Waals surface area contributed by atoms with Gasteiger partial charge >= 0.3 is 0 Å². The van der Waals surface area contributed by atoms with Crippen LogP contribution in [0.1, 0.15) is 48.1 Å². The molecule has 4 rings (SSSR count). The van der Waals surface area contributed by atoms with Crippen LogP contribution in [0.3, 0.4) is 0 Å². The molecule has 1 aromatic heterocycles. The summed E-state index contributed by atoms with van der Waals surface area (Å²) in [5.74, 6) is 0.586. The average Bonchev–Trinajstić information content (AvgIpc) is 3.16. The van der Waals surface area contributed by atoms with Crippen molar-refractivity contribution in [3.63, 3.8) is 0 Å². The predicted octanol–water partition coefficient (Wildman–Crippen LogP) is 5.83. The van der Waals surface area contributed by atoms with Crippen molar-refractivity contribution in [3.05, 3.63) is 63.8 Å². The third-order valence-electron chi connectivity index (χ3n) is 5.60. The first-order valence-corrected chi connectivity index (χ1v) is 11.2. The minimum Gasteiger partial charge on any atom is -0.339 e. The summed E-state index contributed by atoms with van der Waals surface area (Å²) in [6.07, 6.45) is 5.27. The maximum Gasteiger partial charge on any atom is 0.0652 e. The van der Waals surface area contributed by atoms with Gasteiger partial charge in [0.15, 0.2) is 0 Å². The molecule has 2 aromatic carbocycles. The Labute approximate surface area is 162 Å². The summed E-state index contributed by atoms with van der Waals surface area (Å²) in [6.45, 7) is 5.17. The van der Waals surface area contributed by atoms with E-state index in [1.54, 1.807) is 6.26 Å². The standard InChI is InChI=1S/C22H24ClNOS/c1-4-16-7-10-18-19-11-14(2)12-20(26(3)25)22(19)24(21(16)18)13-15-5-8-17(23)9-6-15/h5-6,8-9,11-12,16H,4,7,10,13H2,1-3H3/t16-,26?/m1/s1. The first-order chi connectivity index (χ1) is 12.5. The Hall–Kier alpha value is -1.58. The maximum atomic E-state index is 12.5. The van der Waals surface area contributed by atoms with Crippen LogP contribution in [0.25, 0.3) is 10.9 Å². The molecule has 0 fully saturated rings. The highest BCUT2D eigenvalue weighted by molar-refractivity contribution is 7.84.